The molecule has 1 aliphatic rings. The van der Waals surface area contributed by atoms with Crippen molar-refractivity contribution >= 4 is 29.4 Å². The minimum absolute atomic E-state index is 0.0242. The van der Waals surface area contributed by atoms with Gasteiger partial charge >= 0.3 is 5.97 Å². The number of nitrogens with zero attached hydrogens (tertiary/aromatic N) is 1. The molecule has 0 fully saturated rings. The zero-order valence-corrected chi connectivity index (χ0v) is 9.84. The lowest BCUT2D eigenvalue weighted by Crippen LogP contribution is -2.35. The summed E-state index contributed by atoms with van der Waals surface area (Å²) in [4.78, 5) is 34.9. The molecule has 0 aromatic rings. The van der Waals surface area contributed by atoms with Gasteiger partial charge in [-0.1, -0.05) is 0 Å². The smallest absolute Gasteiger partial charge is 0.320 e. The average molecular weight is 246 g/mol. The lowest BCUT2D eigenvalue weighted by Gasteiger charge is -2.14. The average Bonchev–Trinajstić information content (AvgIpc) is 2.46. The molecule has 1 heterocycles. The minimum Gasteiger partial charge on any atom is -0.463 e. The number of imide groups is 1. The van der Waals surface area contributed by atoms with Crippen LogP contribution in [-0.2, 0) is 19.1 Å². The second-order valence-corrected chi connectivity index (χ2v) is 3.63. The van der Waals surface area contributed by atoms with E-state index in [0.717, 1.165) is 4.90 Å². The Morgan fingerprint density at radius 3 is 2.19 bits per heavy atom. The molecule has 88 valence electrons. The van der Waals surface area contributed by atoms with Crippen molar-refractivity contribution in [3.8, 4) is 0 Å². The van der Waals surface area contributed by atoms with E-state index in [1.54, 1.807) is 13.8 Å². The fourth-order valence-corrected chi connectivity index (χ4v) is 1.39. The number of amides is 2. The van der Waals surface area contributed by atoms with Crippen molar-refractivity contribution < 1.29 is 19.1 Å². The van der Waals surface area contributed by atoms with Crippen LogP contribution in [0.5, 0.6) is 0 Å². The van der Waals surface area contributed by atoms with Crippen molar-refractivity contribution in [3.05, 3.63) is 11.1 Å². The molecule has 0 aromatic carbocycles. The predicted molar refractivity (Wildman–Crippen MR) is 56.8 cm³/mol. The van der Waals surface area contributed by atoms with Crippen LogP contribution in [0.25, 0.3) is 0 Å². The predicted octanol–water partition coefficient (Wildman–Crippen LogP) is 0.474. The summed E-state index contributed by atoms with van der Waals surface area (Å²) in [6, 6.07) is 0. The highest BCUT2D eigenvalue weighted by Gasteiger charge is 2.32. The maximum atomic E-state index is 11.6. The standard InChI is InChI=1S/C10H12ClNO4/c1-6-7(2)10(15)12(9(6)14)3-4-16-8(13)5-11/h3-5H2,1-2H3. The molecule has 0 atom stereocenters. The summed E-state index contributed by atoms with van der Waals surface area (Å²) in [5.41, 5.74) is 0.877. The molecule has 0 bridgehead atoms. The Hall–Kier alpha value is -1.36. The van der Waals surface area contributed by atoms with E-state index in [1.807, 2.05) is 0 Å². The van der Waals surface area contributed by atoms with Gasteiger partial charge < -0.3 is 4.74 Å². The molecule has 0 radical (unpaired) electrons. The van der Waals surface area contributed by atoms with Crippen LogP contribution in [0.3, 0.4) is 0 Å². The topological polar surface area (TPSA) is 63.7 Å². The zero-order valence-electron chi connectivity index (χ0n) is 9.08. The van der Waals surface area contributed by atoms with Gasteiger partial charge in [0.15, 0.2) is 0 Å². The number of esters is 1. The van der Waals surface area contributed by atoms with E-state index >= 15 is 0 Å². The Bertz CT molecular complexity index is 351. The lowest BCUT2D eigenvalue weighted by molar-refractivity contribution is -0.145. The Morgan fingerprint density at radius 1 is 1.25 bits per heavy atom. The molecule has 5 nitrogen and oxygen atoms in total. The molecule has 0 N–H and O–H groups in total. The van der Waals surface area contributed by atoms with Crippen LogP contribution in [0.2, 0.25) is 0 Å². The van der Waals surface area contributed by atoms with Gasteiger partial charge in [0.2, 0.25) is 0 Å². The van der Waals surface area contributed by atoms with Gasteiger partial charge in [-0.15, -0.1) is 11.6 Å². The van der Waals surface area contributed by atoms with E-state index in [9.17, 15) is 14.4 Å². The molecule has 0 unspecified atom stereocenters. The van der Waals surface area contributed by atoms with Crippen molar-refractivity contribution in [2.24, 2.45) is 0 Å². The maximum absolute atomic E-state index is 11.6. The number of carbonyl (C=O) groups excluding carboxylic acids is 3. The van der Waals surface area contributed by atoms with E-state index in [4.69, 9.17) is 11.6 Å². The summed E-state index contributed by atoms with van der Waals surface area (Å²) in [6.07, 6.45) is 0. The molecule has 16 heavy (non-hydrogen) atoms. The number of hydrogen-bond acceptors (Lipinski definition) is 4. The zero-order chi connectivity index (χ0) is 12.3. The number of hydrogen-bond donors (Lipinski definition) is 0. The fraction of sp³-hybridized carbons (Fsp3) is 0.500. The van der Waals surface area contributed by atoms with Crippen LogP contribution in [0.15, 0.2) is 11.1 Å². The molecule has 1 rings (SSSR count). The van der Waals surface area contributed by atoms with Gasteiger partial charge in [-0.25, -0.2) is 0 Å². The third-order valence-electron chi connectivity index (χ3n) is 2.38. The number of alkyl halides is 1. The van der Waals surface area contributed by atoms with Gasteiger partial charge in [0.1, 0.15) is 12.5 Å². The number of halogens is 1. The van der Waals surface area contributed by atoms with Crippen molar-refractivity contribution in [3.63, 3.8) is 0 Å². The second-order valence-electron chi connectivity index (χ2n) is 3.37. The molecule has 0 aliphatic carbocycles. The number of carbonyl (C=O) groups is 3. The van der Waals surface area contributed by atoms with E-state index in [2.05, 4.69) is 4.74 Å². The van der Waals surface area contributed by atoms with Crippen molar-refractivity contribution in [2.75, 3.05) is 19.0 Å². The minimum atomic E-state index is -0.567. The number of rotatable bonds is 4. The van der Waals surface area contributed by atoms with Crippen LogP contribution in [-0.4, -0.2) is 41.7 Å². The summed E-state index contributed by atoms with van der Waals surface area (Å²) in [5, 5.41) is 0. The first kappa shape index (κ1) is 12.7. The van der Waals surface area contributed by atoms with Gasteiger partial charge in [0, 0.05) is 11.1 Å². The van der Waals surface area contributed by atoms with E-state index in [1.165, 1.54) is 0 Å². The monoisotopic (exact) mass is 245 g/mol. The van der Waals surface area contributed by atoms with Crippen LogP contribution in [0, 0.1) is 0 Å². The van der Waals surface area contributed by atoms with Gasteiger partial charge in [0.05, 0.1) is 6.54 Å². The highest BCUT2D eigenvalue weighted by atomic mass is 35.5. The third kappa shape index (κ3) is 2.41. The van der Waals surface area contributed by atoms with Crippen molar-refractivity contribution in [1.82, 2.24) is 4.90 Å². The summed E-state index contributed by atoms with van der Waals surface area (Å²) in [7, 11) is 0. The maximum Gasteiger partial charge on any atom is 0.320 e. The highest BCUT2D eigenvalue weighted by molar-refractivity contribution is 6.26. The van der Waals surface area contributed by atoms with Crippen molar-refractivity contribution in [2.45, 2.75) is 13.8 Å². The first-order valence-electron chi connectivity index (χ1n) is 4.74. The molecule has 6 heteroatoms. The van der Waals surface area contributed by atoms with Gasteiger partial charge in [-0.2, -0.15) is 0 Å². The quantitative estimate of drug-likeness (QED) is 0.410. The molecular formula is C10H12ClNO4. The van der Waals surface area contributed by atoms with Crippen LogP contribution < -0.4 is 0 Å². The normalized spacial score (nSPS) is 16.1. The fourth-order valence-electron chi connectivity index (χ4n) is 1.31. The SMILES string of the molecule is CC1=C(C)C(=O)N(CCOC(=O)CCl)C1=O. The summed E-state index contributed by atoms with van der Waals surface area (Å²) < 4.78 is 4.68. The third-order valence-corrected chi connectivity index (χ3v) is 2.60. The van der Waals surface area contributed by atoms with E-state index < -0.39 is 5.97 Å². The molecule has 2 amide bonds. The first-order valence-corrected chi connectivity index (χ1v) is 5.27. The summed E-state index contributed by atoms with van der Waals surface area (Å²) in [5.74, 6) is -1.46. The molecule has 0 saturated carbocycles. The van der Waals surface area contributed by atoms with Crippen LogP contribution in [0.4, 0.5) is 0 Å². The summed E-state index contributed by atoms with van der Waals surface area (Å²) >= 11 is 5.22. The Kier molecular flexibility index (Phi) is 4.06. The lowest BCUT2D eigenvalue weighted by atomic mass is 10.2. The van der Waals surface area contributed by atoms with Gasteiger partial charge in [-0.05, 0) is 13.8 Å². The molecule has 0 saturated heterocycles. The summed E-state index contributed by atoms with van der Waals surface area (Å²) in [6.45, 7) is 3.24. The molecular weight excluding hydrogens is 234 g/mol. The van der Waals surface area contributed by atoms with Crippen molar-refractivity contribution in [1.29, 1.82) is 0 Å². The second kappa shape index (κ2) is 5.12. The Labute approximate surface area is 98.0 Å². The van der Waals surface area contributed by atoms with Gasteiger partial charge in [0.25, 0.3) is 11.8 Å². The Morgan fingerprint density at radius 2 is 1.75 bits per heavy atom. The van der Waals surface area contributed by atoms with E-state index in [0.29, 0.717) is 11.1 Å². The van der Waals surface area contributed by atoms with Gasteiger partial charge in [-0.3, -0.25) is 19.3 Å². The molecule has 1 aliphatic heterocycles. The number of ether oxygens (including phenoxy) is 1. The molecule has 0 spiro atoms. The van der Waals surface area contributed by atoms with Crippen LogP contribution >= 0.6 is 11.6 Å². The largest absolute Gasteiger partial charge is 0.463 e. The highest BCUT2D eigenvalue weighted by Crippen LogP contribution is 2.18. The van der Waals surface area contributed by atoms with E-state index in [-0.39, 0.29) is 30.8 Å². The first-order chi connectivity index (χ1) is 7.49. The Balaban J connectivity index is 2.50. The van der Waals surface area contributed by atoms with Crippen LogP contribution in [0.1, 0.15) is 13.8 Å². The molecule has 0 aromatic heterocycles.